The molecule has 6 heteroatoms. The van der Waals surface area contributed by atoms with Crippen molar-refractivity contribution < 1.29 is 0 Å². The van der Waals surface area contributed by atoms with Gasteiger partial charge in [0.05, 0.1) is 20.8 Å². The SMILES string of the molecule is c1ccc(-c2sc(Nc3ccc(CCNc4nc5ccccc5s4)cc3)nc2C2CCCCC2)cc1. The summed E-state index contributed by atoms with van der Waals surface area (Å²) in [7, 11) is 0. The molecule has 2 heterocycles. The Hall–Kier alpha value is -3.22. The molecule has 6 rings (SSSR count). The third kappa shape index (κ3) is 5.30. The second-order valence-electron chi connectivity index (χ2n) is 9.42. The Bertz CT molecular complexity index is 1380. The van der Waals surface area contributed by atoms with Crippen molar-refractivity contribution in [2.45, 2.75) is 44.4 Å². The number of thiazole rings is 2. The molecule has 1 saturated carbocycles. The van der Waals surface area contributed by atoms with Crippen LogP contribution in [-0.4, -0.2) is 16.5 Å². The topological polar surface area (TPSA) is 49.8 Å². The summed E-state index contributed by atoms with van der Waals surface area (Å²) in [6.07, 6.45) is 7.45. The first kappa shape index (κ1) is 23.2. The first-order valence-corrected chi connectivity index (χ1v) is 14.5. The average molecular weight is 511 g/mol. The summed E-state index contributed by atoms with van der Waals surface area (Å²) in [6.45, 7) is 0.865. The Morgan fingerprint density at radius 1 is 0.750 bits per heavy atom. The van der Waals surface area contributed by atoms with Crippen LogP contribution in [0.4, 0.5) is 16.0 Å². The van der Waals surface area contributed by atoms with Crippen molar-refractivity contribution in [3.63, 3.8) is 0 Å². The molecule has 1 fully saturated rings. The zero-order valence-corrected chi connectivity index (χ0v) is 21.9. The van der Waals surface area contributed by atoms with E-state index in [2.05, 4.69) is 88.4 Å². The maximum Gasteiger partial charge on any atom is 0.187 e. The summed E-state index contributed by atoms with van der Waals surface area (Å²) in [5, 5.41) is 9.03. The number of fused-ring (bicyclic) bond motifs is 1. The molecular weight excluding hydrogens is 480 g/mol. The van der Waals surface area contributed by atoms with E-state index in [4.69, 9.17) is 4.98 Å². The second kappa shape index (κ2) is 10.8. The predicted molar refractivity (Wildman–Crippen MR) is 155 cm³/mol. The van der Waals surface area contributed by atoms with Crippen molar-refractivity contribution in [1.82, 2.24) is 9.97 Å². The van der Waals surface area contributed by atoms with Gasteiger partial charge in [-0.1, -0.05) is 96.5 Å². The fraction of sp³-hybridized carbons (Fsp3) is 0.267. The zero-order chi connectivity index (χ0) is 24.2. The van der Waals surface area contributed by atoms with Crippen LogP contribution in [0.3, 0.4) is 0 Å². The largest absolute Gasteiger partial charge is 0.361 e. The molecule has 182 valence electrons. The molecule has 2 N–H and O–H groups in total. The van der Waals surface area contributed by atoms with Gasteiger partial charge in [0.1, 0.15) is 0 Å². The highest BCUT2D eigenvalue weighted by Gasteiger charge is 2.23. The van der Waals surface area contributed by atoms with E-state index in [0.29, 0.717) is 5.92 Å². The molecule has 5 aromatic rings. The molecule has 1 aliphatic carbocycles. The third-order valence-corrected chi connectivity index (χ3v) is 8.90. The highest BCUT2D eigenvalue weighted by molar-refractivity contribution is 7.22. The van der Waals surface area contributed by atoms with E-state index in [9.17, 15) is 0 Å². The lowest BCUT2D eigenvalue weighted by atomic mass is 9.86. The molecule has 4 nitrogen and oxygen atoms in total. The Morgan fingerprint density at radius 3 is 2.33 bits per heavy atom. The average Bonchev–Trinajstić information content (AvgIpc) is 3.55. The van der Waals surface area contributed by atoms with E-state index < -0.39 is 0 Å². The molecule has 0 unspecified atom stereocenters. The van der Waals surface area contributed by atoms with Gasteiger partial charge in [-0.15, -0.1) is 0 Å². The van der Waals surface area contributed by atoms with E-state index in [1.54, 1.807) is 22.7 Å². The number of benzene rings is 3. The van der Waals surface area contributed by atoms with Crippen LogP contribution in [0.2, 0.25) is 0 Å². The van der Waals surface area contributed by atoms with Crippen LogP contribution < -0.4 is 10.6 Å². The number of anilines is 3. The molecule has 0 atom stereocenters. The number of aromatic nitrogens is 2. The normalized spacial score (nSPS) is 14.2. The number of nitrogens with one attached hydrogen (secondary N) is 2. The summed E-state index contributed by atoms with van der Waals surface area (Å²) >= 11 is 3.49. The lowest BCUT2D eigenvalue weighted by molar-refractivity contribution is 0.439. The quantitative estimate of drug-likeness (QED) is 0.219. The second-order valence-corrected chi connectivity index (χ2v) is 11.4. The maximum absolute atomic E-state index is 5.12. The van der Waals surface area contributed by atoms with Crippen molar-refractivity contribution in [3.05, 3.63) is 90.1 Å². The Kier molecular flexibility index (Phi) is 6.96. The van der Waals surface area contributed by atoms with Gasteiger partial charge in [0.25, 0.3) is 0 Å². The van der Waals surface area contributed by atoms with Gasteiger partial charge in [0, 0.05) is 18.2 Å². The summed E-state index contributed by atoms with van der Waals surface area (Å²) in [5.74, 6) is 0.575. The van der Waals surface area contributed by atoms with Crippen molar-refractivity contribution in [3.8, 4) is 10.4 Å². The van der Waals surface area contributed by atoms with Crippen LogP contribution >= 0.6 is 22.7 Å². The monoisotopic (exact) mass is 510 g/mol. The number of hydrogen-bond donors (Lipinski definition) is 2. The number of para-hydroxylation sites is 1. The van der Waals surface area contributed by atoms with E-state index >= 15 is 0 Å². The molecule has 0 aliphatic heterocycles. The van der Waals surface area contributed by atoms with Crippen molar-refractivity contribution in [1.29, 1.82) is 0 Å². The highest BCUT2D eigenvalue weighted by Crippen LogP contribution is 2.42. The van der Waals surface area contributed by atoms with E-state index in [1.807, 2.05) is 6.07 Å². The summed E-state index contributed by atoms with van der Waals surface area (Å²) < 4.78 is 1.22. The first-order chi connectivity index (χ1) is 17.8. The van der Waals surface area contributed by atoms with Gasteiger partial charge in [0.2, 0.25) is 0 Å². The maximum atomic E-state index is 5.12. The molecule has 0 saturated heterocycles. The van der Waals surface area contributed by atoms with E-state index in [-0.39, 0.29) is 0 Å². The van der Waals surface area contributed by atoms with Crippen LogP contribution in [0.5, 0.6) is 0 Å². The minimum Gasteiger partial charge on any atom is -0.361 e. The van der Waals surface area contributed by atoms with Gasteiger partial charge in [-0.2, -0.15) is 0 Å². The van der Waals surface area contributed by atoms with Crippen LogP contribution in [0.25, 0.3) is 20.7 Å². The molecule has 0 bridgehead atoms. The Morgan fingerprint density at radius 2 is 1.53 bits per heavy atom. The Balaban J connectivity index is 1.11. The van der Waals surface area contributed by atoms with Gasteiger partial charge >= 0.3 is 0 Å². The summed E-state index contributed by atoms with van der Waals surface area (Å²) in [5.41, 5.74) is 6.01. The fourth-order valence-electron chi connectivity index (χ4n) is 4.97. The molecular formula is C30H30N4S2. The summed E-state index contributed by atoms with van der Waals surface area (Å²) in [6, 6.07) is 27.8. The third-order valence-electron chi connectivity index (χ3n) is 6.87. The lowest BCUT2D eigenvalue weighted by Crippen LogP contribution is -2.06. The molecule has 1 aliphatic rings. The van der Waals surface area contributed by atoms with Gasteiger partial charge in [-0.3, -0.25) is 0 Å². The lowest BCUT2D eigenvalue weighted by Gasteiger charge is -2.21. The van der Waals surface area contributed by atoms with Crippen LogP contribution in [0.1, 0.15) is 49.3 Å². The summed E-state index contributed by atoms with van der Waals surface area (Å²) in [4.78, 5) is 11.1. The molecule has 3 aromatic carbocycles. The van der Waals surface area contributed by atoms with Gasteiger partial charge in [-0.05, 0) is 54.7 Å². The highest BCUT2D eigenvalue weighted by atomic mass is 32.1. The standard InChI is InChI=1S/C30H30N4S2/c1-3-9-22(10-4-1)27-28(23-11-5-2-6-12-23)36-30(34-27)32-24-17-15-21(16-18-24)19-20-31-29-33-25-13-7-8-14-26(25)35-29/h2,5-8,11-18,22H,1,3-4,9-10,19-20H2,(H,31,33)(H,32,34). The van der Waals surface area contributed by atoms with Crippen molar-refractivity contribution in [2.24, 2.45) is 0 Å². The number of hydrogen-bond acceptors (Lipinski definition) is 6. The van der Waals surface area contributed by atoms with Gasteiger partial charge < -0.3 is 10.6 Å². The molecule has 2 aromatic heterocycles. The van der Waals surface area contributed by atoms with E-state index in [0.717, 1.165) is 34.4 Å². The minimum absolute atomic E-state index is 0.575. The fourth-order valence-corrected chi connectivity index (χ4v) is 6.94. The predicted octanol–water partition coefficient (Wildman–Crippen LogP) is 8.87. The van der Waals surface area contributed by atoms with Crippen LogP contribution in [0.15, 0.2) is 78.9 Å². The van der Waals surface area contributed by atoms with Crippen molar-refractivity contribution in [2.75, 3.05) is 17.2 Å². The Labute approximate surface area is 220 Å². The van der Waals surface area contributed by atoms with Gasteiger partial charge in [-0.25, -0.2) is 9.97 Å². The number of rotatable bonds is 8. The number of nitrogens with zero attached hydrogens (tertiary/aromatic N) is 2. The smallest absolute Gasteiger partial charge is 0.187 e. The van der Waals surface area contributed by atoms with Gasteiger partial charge in [0.15, 0.2) is 10.3 Å². The molecule has 0 amide bonds. The first-order valence-electron chi connectivity index (χ1n) is 12.8. The van der Waals surface area contributed by atoms with Crippen molar-refractivity contribution >= 4 is 48.8 Å². The van der Waals surface area contributed by atoms with Crippen LogP contribution in [0, 0.1) is 0 Å². The molecule has 36 heavy (non-hydrogen) atoms. The minimum atomic E-state index is 0.575. The molecule has 0 spiro atoms. The van der Waals surface area contributed by atoms with E-state index in [1.165, 1.54) is 58.5 Å². The van der Waals surface area contributed by atoms with Crippen LogP contribution in [-0.2, 0) is 6.42 Å². The molecule has 0 radical (unpaired) electrons. The zero-order valence-electron chi connectivity index (χ0n) is 20.2.